The van der Waals surface area contributed by atoms with E-state index in [1.165, 1.54) is 0 Å². The van der Waals surface area contributed by atoms with Crippen LogP contribution in [0.3, 0.4) is 0 Å². The highest BCUT2D eigenvalue weighted by atomic mass is 32.2. The normalized spacial score (nSPS) is 25.0. The Labute approximate surface area is 127 Å². The van der Waals surface area contributed by atoms with Crippen molar-refractivity contribution in [3.63, 3.8) is 0 Å². The molecule has 2 amide bonds. The number of carbonyl (C=O) groups excluding carboxylic acids is 2. The molecular formula is C14H18N2O4S. The van der Waals surface area contributed by atoms with Crippen molar-refractivity contribution in [3.05, 3.63) is 23.7 Å². The molecule has 0 saturated carbocycles. The summed E-state index contributed by atoms with van der Waals surface area (Å²) in [5.74, 6) is 1.77. The lowest BCUT2D eigenvalue weighted by molar-refractivity contribution is -0.00606. The minimum absolute atomic E-state index is 0.135. The van der Waals surface area contributed by atoms with Gasteiger partial charge in [0.15, 0.2) is 5.76 Å². The van der Waals surface area contributed by atoms with E-state index in [2.05, 4.69) is 5.32 Å². The van der Waals surface area contributed by atoms with Gasteiger partial charge < -0.3 is 19.4 Å². The second-order valence-corrected chi connectivity index (χ2v) is 6.32. The summed E-state index contributed by atoms with van der Waals surface area (Å²) in [6, 6.07) is 3.55. The number of ether oxygens (including phenoxy) is 1. The molecule has 1 unspecified atom stereocenters. The molecule has 2 fully saturated rings. The zero-order valence-electron chi connectivity index (χ0n) is 11.9. The summed E-state index contributed by atoms with van der Waals surface area (Å²) in [6.07, 6.45) is 3.19. The predicted octanol–water partition coefficient (Wildman–Crippen LogP) is 1.86. The first-order valence-corrected chi connectivity index (χ1v) is 8.35. The number of alkyl carbamates (subject to hydrolysis) is 1. The molecule has 1 spiro atoms. The van der Waals surface area contributed by atoms with E-state index >= 15 is 0 Å². The summed E-state index contributed by atoms with van der Waals surface area (Å²) in [7, 11) is 0. The van der Waals surface area contributed by atoms with E-state index in [0.29, 0.717) is 25.4 Å². The van der Waals surface area contributed by atoms with Gasteiger partial charge in [-0.15, -0.1) is 0 Å². The summed E-state index contributed by atoms with van der Waals surface area (Å²) in [6.45, 7) is 1.55. The molecule has 0 aromatic carbocycles. The third kappa shape index (κ3) is 2.88. The molecule has 1 aromatic rings. The largest absolute Gasteiger partial charge is 0.455 e. The third-order valence-electron chi connectivity index (χ3n) is 3.85. The fraction of sp³-hybridized carbons (Fsp3) is 0.571. The SMILES string of the molecule is CSCc1ccc(C(=O)N2CCCC3(CNC(=O)O3)C2)o1. The molecule has 2 aliphatic heterocycles. The van der Waals surface area contributed by atoms with Crippen LogP contribution in [0.4, 0.5) is 4.79 Å². The van der Waals surface area contributed by atoms with Crippen LogP contribution in [0.15, 0.2) is 16.5 Å². The van der Waals surface area contributed by atoms with Crippen molar-refractivity contribution in [2.75, 3.05) is 25.9 Å². The predicted molar refractivity (Wildman–Crippen MR) is 78.3 cm³/mol. The van der Waals surface area contributed by atoms with Crippen LogP contribution in [0, 0.1) is 0 Å². The van der Waals surface area contributed by atoms with Gasteiger partial charge in [0.1, 0.15) is 11.4 Å². The average Bonchev–Trinajstić information content (AvgIpc) is 3.06. The molecule has 7 heteroatoms. The lowest BCUT2D eigenvalue weighted by atomic mass is 9.93. The highest BCUT2D eigenvalue weighted by Crippen LogP contribution is 2.29. The molecule has 3 heterocycles. The maximum absolute atomic E-state index is 12.5. The van der Waals surface area contributed by atoms with Crippen molar-refractivity contribution >= 4 is 23.8 Å². The average molecular weight is 310 g/mol. The summed E-state index contributed by atoms with van der Waals surface area (Å²) in [4.78, 5) is 25.5. The van der Waals surface area contributed by atoms with Gasteiger partial charge >= 0.3 is 6.09 Å². The number of nitrogens with one attached hydrogen (secondary N) is 1. The second-order valence-electron chi connectivity index (χ2n) is 5.46. The maximum atomic E-state index is 12.5. The standard InChI is InChI=1S/C14H18N2O4S/c1-21-7-10-3-4-11(19-10)12(17)16-6-2-5-14(9-16)8-15-13(18)20-14/h3-4H,2,5-9H2,1H3,(H,15,18). The first kappa shape index (κ1) is 14.3. The van der Waals surface area contributed by atoms with Gasteiger partial charge in [-0.3, -0.25) is 4.79 Å². The van der Waals surface area contributed by atoms with Gasteiger partial charge in [0.05, 0.1) is 18.8 Å². The van der Waals surface area contributed by atoms with Crippen LogP contribution in [0.25, 0.3) is 0 Å². The number of furan rings is 1. The van der Waals surface area contributed by atoms with Crippen molar-refractivity contribution in [1.29, 1.82) is 0 Å². The molecule has 3 rings (SSSR count). The minimum Gasteiger partial charge on any atom is -0.455 e. The quantitative estimate of drug-likeness (QED) is 0.922. The molecular weight excluding hydrogens is 292 g/mol. The van der Waals surface area contributed by atoms with Gasteiger partial charge in [-0.25, -0.2) is 4.79 Å². The molecule has 114 valence electrons. The van der Waals surface area contributed by atoms with Gasteiger partial charge in [-0.05, 0) is 31.2 Å². The molecule has 1 aromatic heterocycles. The highest BCUT2D eigenvalue weighted by molar-refractivity contribution is 7.97. The zero-order valence-corrected chi connectivity index (χ0v) is 12.7. The number of nitrogens with zero attached hydrogens (tertiary/aromatic N) is 1. The number of hydrogen-bond donors (Lipinski definition) is 1. The Balaban J connectivity index is 1.70. The Morgan fingerprint density at radius 1 is 1.52 bits per heavy atom. The Morgan fingerprint density at radius 3 is 3.10 bits per heavy atom. The monoisotopic (exact) mass is 310 g/mol. The summed E-state index contributed by atoms with van der Waals surface area (Å²) in [5.41, 5.74) is -0.570. The van der Waals surface area contributed by atoms with Crippen LogP contribution in [0.5, 0.6) is 0 Å². The van der Waals surface area contributed by atoms with E-state index in [1.807, 2.05) is 12.3 Å². The number of amides is 2. The maximum Gasteiger partial charge on any atom is 0.407 e. The molecule has 0 radical (unpaired) electrons. The van der Waals surface area contributed by atoms with Crippen molar-refractivity contribution < 1.29 is 18.7 Å². The Morgan fingerprint density at radius 2 is 2.38 bits per heavy atom. The summed E-state index contributed by atoms with van der Waals surface area (Å²) >= 11 is 1.65. The van der Waals surface area contributed by atoms with E-state index < -0.39 is 11.7 Å². The first-order valence-electron chi connectivity index (χ1n) is 6.96. The second kappa shape index (κ2) is 5.63. The topological polar surface area (TPSA) is 71.8 Å². The molecule has 21 heavy (non-hydrogen) atoms. The Bertz CT molecular complexity index is 559. The van der Waals surface area contributed by atoms with Crippen LogP contribution < -0.4 is 5.32 Å². The van der Waals surface area contributed by atoms with E-state index in [-0.39, 0.29) is 5.91 Å². The highest BCUT2D eigenvalue weighted by Gasteiger charge is 2.45. The van der Waals surface area contributed by atoms with Crippen LogP contribution >= 0.6 is 11.8 Å². The number of carbonyl (C=O) groups is 2. The van der Waals surface area contributed by atoms with E-state index in [4.69, 9.17) is 9.15 Å². The number of likely N-dealkylation sites (tertiary alicyclic amines) is 1. The number of hydrogen-bond acceptors (Lipinski definition) is 5. The van der Waals surface area contributed by atoms with Gasteiger partial charge in [-0.2, -0.15) is 11.8 Å². The van der Waals surface area contributed by atoms with Crippen molar-refractivity contribution in [2.45, 2.75) is 24.2 Å². The van der Waals surface area contributed by atoms with Gasteiger partial charge in [0, 0.05) is 6.54 Å². The van der Waals surface area contributed by atoms with E-state index in [0.717, 1.165) is 24.4 Å². The first-order chi connectivity index (χ1) is 10.1. The van der Waals surface area contributed by atoms with Crippen molar-refractivity contribution in [2.24, 2.45) is 0 Å². The van der Waals surface area contributed by atoms with Crippen molar-refractivity contribution in [1.82, 2.24) is 10.2 Å². The smallest absolute Gasteiger partial charge is 0.407 e. The summed E-state index contributed by atoms with van der Waals surface area (Å²) < 4.78 is 10.9. The summed E-state index contributed by atoms with van der Waals surface area (Å²) in [5, 5.41) is 2.67. The zero-order chi connectivity index (χ0) is 14.9. The van der Waals surface area contributed by atoms with Crippen LogP contribution in [0.2, 0.25) is 0 Å². The molecule has 2 saturated heterocycles. The van der Waals surface area contributed by atoms with Crippen LogP contribution in [-0.4, -0.2) is 48.4 Å². The lowest BCUT2D eigenvalue weighted by Gasteiger charge is -2.37. The number of thioether (sulfide) groups is 1. The van der Waals surface area contributed by atoms with Gasteiger partial charge in [0.2, 0.25) is 0 Å². The number of rotatable bonds is 3. The van der Waals surface area contributed by atoms with E-state index in [9.17, 15) is 9.59 Å². The van der Waals surface area contributed by atoms with Gasteiger partial charge in [-0.1, -0.05) is 0 Å². The fourth-order valence-corrected chi connectivity index (χ4v) is 3.31. The molecule has 6 nitrogen and oxygen atoms in total. The lowest BCUT2D eigenvalue weighted by Crippen LogP contribution is -2.52. The van der Waals surface area contributed by atoms with Crippen LogP contribution in [0.1, 0.15) is 29.2 Å². The van der Waals surface area contributed by atoms with Crippen LogP contribution in [-0.2, 0) is 10.5 Å². The fourth-order valence-electron chi connectivity index (χ4n) is 2.87. The molecule has 1 N–H and O–H groups in total. The van der Waals surface area contributed by atoms with E-state index in [1.54, 1.807) is 22.7 Å². The van der Waals surface area contributed by atoms with Crippen molar-refractivity contribution in [3.8, 4) is 0 Å². The Kier molecular flexibility index (Phi) is 3.84. The van der Waals surface area contributed by atoms with Gasteiger partial charge in [0.25, 0.3) is 5.91 Å². The minimum atomic E-state index is -0.570. The molecule has 1 atom stereocenters. The molecule has 0 bridgehead atoms. The molecule has 2 aliphatic rings. The molecule has 0 aliphatic carbocycles. The number of piperidine rings is 1. The third-order valence-corrected chi connectivity index (χ3v) is 4.42. The Hall–Kier alpha value is -1.63.